The molecule has 2 aromatic rings. The number of carbonyl (C=O) groups excluding carboxylic acids is 1. The summed E-state index contributed by atoms with van der Waals surface area (Å²) in [7, 11) is 0. The zero-order valence-corrected chi connectivity index (χ0v) is 16.9. The van der Waals surface area contributed by atoms with Gasteiger partial charge in [-0.05, 0) is 74.0 Å². The molecule has 3 fully saturated rings. The summed E-state index contributed by atoms with van der Waals surface area (Å²) in [5.41, 5.74) is 0.782. The molecule has 5 heteroatoms. The molecule has 3 aliphatic rings. The van der Waals surface area contributed by atoms with Crippen LogP contribution in [0.3, 0.4) is 0 Å². The Hall–Kier alpha value is -2.14. The Morgan fingerprint density at radius 2 is 1.93 bits per heavy atom. The third kappa shape index (κ3) is 3.85. The number of hydrogen-bond acceptors (Lipinski definition) is 3. The molecule has 1 N–H and O–H groups in total. The Kier molecular flexibility index (Phi) is 5.17. The van der Waals surface area contributed by atoms with Gasteiger partial charge in [0.25, 0.3) is 5.56 Å². The number of amides is 1. The van der Waals surface area contributed by atoms with E-state index in [1.165, 1.54) is 25.7 Å². The maximum Gasteiger partial charge on any atom is 0.258 e. The molecule has 2 aliphatic carbocycles. The highest BCUT2D eigenvalue weighted by Gasteiger charge is 2.40. The fraction of sp³-hybridized carbons (Fsp3) is 0.583. The molecule has 0 spiro atoms. The molecule has 1 saturated heterocycles. The van der Waals surface area contributed by atoms with Crippen LogP contribution in [0.1, 0.15) is 44.9 Å². The third-order valence-corrected chi connectivity index (χ3v) is 7.42. The fourth-order valence-electron chi connectivity index (χ4n) is 5.84. The van der Waals surface area contributed by atoms with Gasteiger partial charge in [-0.2, -0.15) is 0 Å². The van der Waals surface area contributed by atoms with E-state index in [-0.39, 0.29) is 11.5 Å². The van der Waals surface area contributed by atoms with Gasteiger partial charge in [0.05, 0.1) is 0 Å². The Morgan fingerprint density at radius 1 is 1.07 bits per heavy atom. The van der Waals surface area contributed by atoms with E-state index in [1.54, 1.807) is 0 Å². The lowest BCUT2D eigenvalue weighted by atomic mass is 9.86. The largest absolute Gasteiger partial charge is 0.381 e. The van der Waals surface area contributed by atoms with Crippen LogP contribution >= 0.6 is 0 Å². The highest BCUT2D eigenvalue weighted by atomic mass is 16.5. The first-order valence-corrected chi connectivity index (χ1v) is 11.2. The Morgan fingerprint density at radius 3 is 2.69 bits per heavy atom. The summed E-state index contributed by atoms with van der Waals surface area (Å²) in [6, 6.07) is 7.62. The van der Waals surface area contributed by atoms with Crippen molar-refractivity contribution in [3.05, 3.63) is 40.8 Å². The minimum atomic E-state index is 0.0261. The number of fused-ring (bicyclic) bond motifs is 3. The zero-order chi connectivity index (χ0) is 19.8. The van der Waals surface area contributed by atoms with Crippen LogP contribution in [0.4, 0.5) is 5.69 Å². The second-order valence-corrected chi connectivity index (χ2v) is 9.28. The van der Waals surface area contributed by atoms with Crippen molar-refractivity contribution in [2.75, 3.05) is 18.5 Å². The van der Waals surface area contributed by atoms with Crippen LogP contribution in [0, 0.1) is 23.7 Å². The van der Waals surface area contributed by atoms with Gasteiger partial charge >= 0.3 is 0 Å². The van der Waals surface area contributed by atoms with E-state index in [1.807, 2.05) is 35.0 Å². The molecule has 2 bridgehead atoms. The quantitative estimate of drug-likeness (QED) is 0.827. The molecule has 1 unspecified atom stereocenters. The summed E-state index contributed by atoms with van der Waals surface area (Å²) >= 11 is 0. The molecule has 0 radical (unpaired) electrons. The van der Waals surface area contributed by atoms with Gasteiger partial charge in [-0.15, -0.1) is 0 Å². The van der Waals surface area contributed by atoms with E-state index in [0.29, 0.717) is 23.6 Å². The van der Waals surface area contributed by atoms with E-state index in [9.17, 15) is 9.59 Å². The van der Waals surface area contributed by atoms with Crippen LogP contribution < -0.4 is 10.9 Å². The van der Waals surface area contributed by atoms with E-state index >= 15 is 0 Å². The fourth-order valence-corrected chi connectivity index (χ4v) is 5.84. The summed E-state index contributed by atoms with van der Waals surface area (Å²) in [6.07, 6.45) is 9.68. The van der Waals surface area contributed by atoms with Crippen molar-refractivity contribution in [2.45, 2.75) is 51.5 Å². The number of nitrogens with one attached hydrogen (secondary N) is 1. The number of pyridine rings is 1. The molecule has 3 atom stereocenters. The second-order valence-electron chi connectivity index (χ2n) is 9.28. The number of carbonyl (C=O) groups is 1. The van der Waals surface area contributed by atoms with Crippen molar-refractivity contribution in [1.29, 1.82) is 0 Å². The average molecular weight is 395 g/mol. The molecule has 1 aromatic carbocycles. The topological polar surface area (TPSA) is 60.3 Å². The number of nitrogens with zero attached hydrogens (tertiary/aromatic N) is 1. The van der Waals surface area contributed by atoms with Crippen LogP contribution in [0.5, 0.6) is 0 Å². The third-order valence-electron chi connectivity index (χ3n) is 7.42. The molecule has 1 aliphatic heterocycles. The first-order valence-electron chi connectivity index (χ1n) is 11.2. The summed E-state index contributed by atoms with van der Waals surface area (Å²) in [6.45, 7) is 2.30. The van der Waals surface area contributed by atoms with Crippen LogP contribution in [-0.2, 0) is 16.1 Å². The monoisotopic (exact) mass is 394 g/mol. The lowest BCUT2D eigenvalue weighted by molar-refractivity contribution is -0.117. The maximum atomic E-state index is 13.0. The molecule has 1 amide bonds. The number of rotatable bonds is 5. The average Bonchev–Trinajstić information content (AvgIpc) is 3.34. The van der Waals surface area contributed by atoms with Crippen molar-refractivity contribution in [3.8, 4) is 0 Å². The van der Waals surface area contributed by atoms with Gasteiger partial charge in [0.2, 0.25) is 5.91 Å². The lowest BCUT2D eigenvalue weighted by Crippen LogP contribution is -2.27. The Balaban J connectivity index is 1.32. The molecular formula is C24H30N2O3. The Labute approximate surface area is 171 Å². The number of hydrogen-bond donors (Lipinski definition) is 1. The molecule has 154 valence electrons. The van der Waals surface area contributed by atoms with Gasteiger partial charge in [-0.1, -0.05) is 12.5 Å². The van der Waals surface area contributed by atoms with E-state index in [4.69, 9.17) is 4.74 Å². The molecule has 1 aromatic heterocycles. The van der Waals surface area contributed by atoms with Gasteiger partial charge in [0.15, 0.2) is 0 Å². The lowest BCUT2D eigenvalue weighted by Gasteiger charge is -2.23. The first kappa shape index (κ1) is 18.9. The van der Waals surface area contributed by atoms with E-state index in [0.717, 1.165) is 55.5 Å². The van der Waals surface area contributed by atoms with Crippen LogP contribution in [0.2, 0.25) is 0 Å². The van der Waals surface area contributed by atoms with Gasteiger partial charge < -0.3 is 14.6 Å². The molecule has 2 heterocycles. The summed E-state index contributed by atoms with van der Waals surface area (Å²) in [4.78, 5) is 25.7. The van der Waals surface area contributed by atoms with Crippen molar-refractivity contribution < 1.29 is 9.53 Å². The molecule has 5 rings (SSSR count). The minimum Gasteiger partial charge on any atom is -0.381 e. The van der Waals surface area contributed by atoms with Gasteiger partial charge in [-0.3, -0.25) is 9.59 Å². The molecular weight excluding hydrogens is 364 g/mol. The SMILES string of the molecule is O=C(CC1C[C@@H]2CC[C@H]1C2)Nc1cccc2c(=O)n(CC3CCOCC3)ccc12. The van der Waals surface area contributed by atoms with Crippen LogP contribution in [-0.4, -0.2) is 23.7 Å². The van der Waals surface area contributed by atoms with E-state index < -0.39 is 0 Å². The number of ether oxygens (including phenoxy) is 1. The normalized spacial score (nSPS) is 26.8. The van der Waals surface area contributed by atoms with Crippen LogP contribution in [0.25, 0.3) is 10.8 Å². The van der Waals surface area contributed by atoms with Crippen molar-refractivity contribution >= 4 is 22.4 Å². The molecule has 5 nitrogen and oxygen atoms in total. The smallest absolute Gasteiger partial charge is 0.258 e. The second kappa shape index (κ2) is 7.94. The van der Waals surface area contributed by atoms with E-state index in [2.05, 4.69) is 5.32 Å². The van der Waals surface area contributed by atoms with Gasteiger partial charge in [-0.25, -0.2) is 0 Å². The predicted molar refractivity (Wildman–Crippen MR) is 114 cm³/mol. The number of benzene rings is 1. The minimum absolute atomic E-state index is 0.0261. The number of anilines is 1. The molecule has 29 heavy (non-hydrogen) atoms. The number of aromatic nitrogens is 1. The molecule has 2 saturated carbocycles. The van der Waals surface area contributed by atoms with Gasteiger partial charge in [0.1, 0.15) is 0 Å². The zero-order valence-electron chi connectivity index (χ0n) is 16.9. The summed E-state index contributed by atoms with van der Waals surface area (Å²) in [5, 5.41) is 4.61. The summed E-state index contributed by atoms with van der Waals surface area (Å²) in [5.74, 6) is 2.71. The first-order chi connectivity index (χ1) is 14.2. The van der Waals surface area contributed by atoms with Gasteiger partial charge in [0, 0.05) is 48.8 Å². The maximum absolute atomic E-state index is 13.0. The van der Waals surface area contributed by atoms with Crippen LogP contribution in [0.15, 0.2) is 35.3 Å². The highest BCUT2D eigenvalue weighted by Crippen LogP contribution is 2.49. The standard InChI is InChI=1S/C24H30N2O3/c27-23(14-19-13-17-4-5-18(19)12-17)25-22-3-1-2-21-20(22)6-9-26(24(21)28)15-16-7-10-29-11-8-16/h1-3,6,9,16-19H,4-5,7-8,10-15H2,(H,25,27)/t17-,18+,19?/m1/s1. The Bertz CT molecular complexity index is 960. The predicted octanol–water partition coefficient (Wildman–Crippen LogP) is 4.19. The van der Waals surface area contributed by atoms with Crippen molar-refractivity contribution in [1.82, 2.24) is 4.57 Å². The van der Waals surface area contributed by atoms with Crippen molar-refractivity contribution in [2.24, 2.45) is 23.7 Å². The van der Waals surface area contributed by atoms with Crippen molar-refractivity contribution in [3.63, 3.8) is 0 Å². The highest BCUT2D eigenvalue weighted by molar-refractivity contribution is 6.01. The summed E-state index contributed by atoms with van der Waals surface area (Å²) < 4.78 is 7.25.